The molecular formula is C15H17ClFN3O. The van der Waals surface area contributed by atoms with Crippen molar-refractivity contribution in [3.8, 4) is 11.6 Å². The van der Waals surface area contributed by atoms with Gasteiger partial charge in [0.25, 0.3) is 0 Å². The van der Waals surface area contributed by atoms with Crippen LogP contribution >= 0.6 is 11.6 Å². The van der Waals surface area contributed by atoms with Crippen molar-refractivity contribution in [1.29, 1.82) is 0 Å². The fraction of sp³-hybridized carbons (Fsp3) is 0.333. The molecule has 0 saturated carbocycles. The maximum absolute atomic E-state index is 13.1. The molecule has 0 unspecified atom stereocenters. The lowest BCUT2D eigenvalue weighted by Crippen LogP contribution is -2.10. The zero-order valence-electron chi connectivity index (χ0n) is 12.0. The second-order valence-electron chi connectivity index (χ2n) is 4.50. The van der Waals surface area contributed by atoms with E-state index in [9.17, 15) is 4.39 Å². The molecule has 112 valence electrons. The van der Waals surface area contributed by atoms with Crippen LogP contribution < -0.4 is 10.5 Å². The number of benzene rings is 1. The Kier molecular flexibility index (Phi) is 5.09. The van der Waals surface area contributed by atoms with Crippen LogP contribution in [0.5, 0.6) is 11.6 Å². The van der Waals surface area contributed by atoms with Crippen molar-refractivity contribution in [3.05, 3.63) is 45.9 Å². The summed E-state index contributed by atoms with van der Waals surface area (Å²) in [5.41, 5.74) is 8.59. The SMILES string of the molecule is CCc1nnc(Oc2ccc(F)cc2Cl)c(CN)c1CC. The average molecular weight is 310 g/mol. The van der Waals surface area contributed by atoms with Gasteiger partial charge in [-0.15, -0.1) is 5.10 Å². The minimum absolute atomic E-state index is 0.178. The summed E-state index contributed by atoms with van der Waals surface area (Å²) in [6.07, 6.45) is 1.57. The molecule has 0 bridgehead atoms. The van der Waals surface area contributed by atoms with E-state index in [0.717, 1.165) is 29.7 Å². The number of aromatic nitrogens is 2. The lowest BCUT2D eigenvalue weighted by Gasteiger charge is -2.14. The molecule has 0 saturated heterocycles. The Balaban J connectivity index is 2.44. The highest BCUT2D eigenvalue weighted by atomic mass is 35.5. The van der Waals surface area contributed by atoms with Crippen LogP contribution in [0.3, 0.4) is 0 Å². The van der Waals surface area contributed by atoms with Crippen molar-refractivity contribution in [2.45, 2.75) is 33.2 Å². The van der Waals surface area contributed by atoms with Gasteiger partial charge in [-0.2, -0.15) is 5.10 Å². The van der Waals surface area contributed by atoms with E-state index in [-0.39, 0.29) is 5.02 Å². The fourth-order valence-electron chi connectivity index (χ4n) is 2.19. The molecule has 4 nitrogen and oxygen atoms in total. The molecule has 1 aromatic heterocycles. The summed E-state index contributed by atoms with van der Waals surface area (Å²) in [6.45, 7) is 4.34. The molecule has 21 heavy (non-hydrogen) atoms. The predicted molar refractivity (Wildman–Crippen MR) is 80.2 cm³/mol. The van der Waals surface area contributed by atoms with Crippen molar-refractivity contribution in [3.63, 3.8) is 0 Å². The van der Waals surface area contributed by atoms with E-state index in [1.807, 2.05) is 13.8 Å². The zero-order chi connectivity index (χ0) is 15.4. The molecule has 0 fully saturated rings. The van der Waals surface area contributed by atoms with E-state index in [2.05, 4.69) is 10.2 Å². The van der Waals surface area contributed by atoms with Crippen LogP contribution in [0.4, 0.5) is 4.39 Å². The van der Waals surface area contributed by atoms with Gasteiger partial charge in [0.05, 0.1) is 10.7 Å². The Morgan fingerprint density at radius 1 is 1.19 bits per heavy atom. The van der Waals surface area contributed by atoms with E-state index >= 15 is 0 Å². The molecule has 0 radical (unpaired) electrons. The fourth-order valence-corrected chi connectivity index (χ4v) is 2.39. The topological polar surface area (TPSA) is 61.0 Å². The predicted octanol–water partition coefficient (Wildman–Crippen LogP) is 3.64. The Hall–Kier alpha value is -1.72. The summed E-state index contributed by atoms with van der Waals surface area (Å²) in [5, 5.41) is 8.43. The quantitative estimate of drug-likeness (QED) is 0.916. The summed E-state index contributed by atoms with van der Waals surface area (Å²) in [4.78, 5) is 0. The van der Waals surface area contributed by atoms with Gasteiger partial charge in [-0.3, -0.25) is 0 Å². The van der Waals surface area contributed by atoms with Crippen LogP contribution in [0.2, 0.25) is 5.02 Å². The van der Waals surface area contributed by atoms with Gasteiger partial charge < -0.3 is 10.5 Å². The number of halogens is 2. The molecule has 6 heteroatoms. The highest BCUT2D eigenvalue weighted by Crippen LogP contribution is 2.32. The second kappa shape index (κ2) is 6.83. The molecular weight excluding hydrogens is 293 g/mol. The molecule has 2 aromatic rings. The summed E-state index contributed by atoms with van der Waals surface area (Å²) < 4.78 is 18.7. The molecule has 0 aliphatic carbocycles. The van der Waals surface area contributed by atoms with Crippen LogP contribution in [0, 0.1) is 5.82 Å². The standard InChI is InChI=1S/C15H17ClFN3O/c1-3-10-11(8-18)15(20-19-13(10)4-2)21-14-6-5-9(17)7-12(14)16/h5-7H,3-4,8,18H2,1-2H3. The largest absolute Gasteiger partial charge is 0.436 e. The van der Waals surface area contributed by atoms with Crippen LogP contribution in [0.1, 0.15) is 30.7 Å². The van der Waals surface area contributed by atoms with Crippen LogP contribution in [0.15, 0.2) is 18.2 Å². The van der Waals surface area contributed by atoms with Crippen molar-refractivity contribution in [2.75, 3.05) is 0 Å². The van der Waals surface area contributed by atoms with E-state index in [0.29, 0.717) is 18.2 Å². The van der Waals surface area contributed by atoms with Gasteiger partial charge in [-0.25, -0.2) is 4.39 Å². The Bertz CT molecular complexity index is 649. The third-order valence-electron chi connectivity index (χ3n) is 3.23. The first kappa shape index (κ1) is 15.7. The molecule has 1 aromatic carbocycles. The van der Waals surface area contributed by atoms with E-state index in [1.54, 1.807) is 0 Å². The zero-order valence-corrected chi connectivity index (χ0v) is 12.7. The number of nitrogens with two attached hydrogens (primary N) is 1. The Morgan fingerprint density at radius 3 is 2.52 bits per heavy atom. The normalized spacial score (nSPS) is 10.7. The van der Waals surface area contributed by atoms with E-state index < -0.39 is 5.82 Å². The molecule has 0 spiro atoms. The van der Waals surface area contributed by atoms with Gasteiger partial charge in [0.2, 0.25) is 5.88 Å². The van der Waals surface area contributed by atoms with Gasteiger partial charge in [0.1, 0.15) is 11.6 Å². The number of rotatable bonds is 5. The molecule has 0 amide bonds. The number of aryl methyl sites for hydroxylation is 1. The van der Waals surface area contributed by atoms with Gasteiger partial charge in [0, 0.05) is 12.1 Å². The maximum atomic E-state index is 13.1. The third kappa shape index (κ3) is 3.31. The maximum Gasteiger partial charge on any atom is 0.243 e. The van der Waals surface area contributed by atoms with Gasteiger partial charge in [-0.1, -0.05) is 25.4 Å². The monoisotopic (exact) mass is 309 g/mol. The first-order chi connectivity index (χ1) is 10.1. The number of ether oxygens (including phenoxy) is 1. The van der Waals surface area contributed by atoms with Crippen LogP contribution in [-0.2, 0) is 19.4 Å². The van der Waals surface area contributed by atoms with Crippen molar-refractivity contribution in [1.82, 2.24) is 10.2 Å². The molecule has 0 atom stereocenters. The molecule has 2 N–H and O–H groups in total. The lowest BCUT2D eigenvalue weighted by atomic mass is 10.0. The molecule has 1 heterocycles. The summed E-state index contributed by atoms with van der Waals surface area (Å²) in [5.74, 6) is 0.224. The van der Waals surface area contributed by atoms with Crippen LogP contribution in [0.25, 0.3) is 0 Å². The first-order valence-corrected chi connectivity index (χ1v) is 7.18. The van der Waals surface area contributed by atoms with E-state index in [1.165, 1.54) is 18.2 Å². The lowest BCUT2D eigenvalue weighted by molar-refractivity contribution is 0.444. The molecule has 0 aliphatic rings. The summed E-state index contributed by atoms with van der Waals surface area (Å²) >= 11 is 5.96. The van der Waals surface area contributed by atoms with Crippen molar-refractivity contribution < 1.29 is 9.13 Å². The average Bonchev–Trinajstić information content (AvgIpc) is 2.49. The van der Waals surface area contributed by atoms with E-state index in [4.69, 9.17) is 22.1 Å². The minimum Gasteiger partial charge on any atom is -0.436 e. The third-order valence-corrected chi connectivity index (χ3v) is 3.52. The van der Waals surface area contributed by atoms with Gasteiger partial charge in [-0.05, 0) is 36.6 Å². The molecule has 0 aliphatic heterocycles. The Labute approximate surface area is 128 Å². The second-order valence-corrected chi connectivity index (χ2v) is 4.90. The van der Waals surface area contributed by atoms with Crippen molar-refractivity contribution >= 4 is 11.6 Å². The summed E-state index contributed by atoms with van der Waals surface area (Å²) in [7, 11) is 0. The molecule has 2 rings (SSSR count). The summed E-state index contributed by atoms with van der Waals surface area (Å²) in [6, 6.07) is 3.92. The minimum atomic E-state index is -0.423. The van der Waals surface area contributed by atoms with Gasteiger partial charge >= 0.3 is 0 Å². The highest BCUT2D eigenvalue weighted by Gasteiger charge is 2.16. The Morgan fingerprint density at radius 2 is 1.95 bits per heavy atom. The highest BCUT2D eigenvalue weighted by molar-refractivity contribution is 6.32. The van der Waals surface area contributed by atoms with Crippen LogP contribution in [-0.4, -0.2) is 10.2 Å². The smallest absolute Gasteiger partial charge is 0.243 e. The first-order valence-electron chi connectivity index (χ1n) is 6.80. The van der Waals surface area contributed by atoms with Crippen molar-refractivity contribution in [2.24, 2.45) is 5.73 Å². The number of nitrogens with zero attached hydrogens (tertiary/aromatic N) is 2. The number of hydrogen-bond acceptors (Lipinski definition) is 4. The number of hydrogen-bond donors (Lipinski definition) is 1. The van der Waals surface area contributed by atoms with Gasteiger partial charge in [0.15, 0.2) is 0 Å².